The van der Waals surface area contributed by atoms with Crippen molar-refractivity contribution in [2.75, 3.05) is 13.2 Å². The number of amides is 1. The second-order valence-electron chi connectivity index (χ2n) is 5.69. The van der Waals surface area contributed by atoms with Crippen LogP contribution in [0.25, 0.3) is 0 Å². The van der Waals surface area contributed by atoms with Crippen LogP contribution in [-0.2, 0) is 0 Å². The van der Waals surface area contributed by atoms with Crippen LogP contribution in [0.3, 0.4) is 0 Å². The van der Waals surface area contributed by atoms with Crippen LogP contribution >= 0.6 is 22.9 Å². The summed E-state index contributed by atoms with van der Waals surface area (Å²) in [6, 6.07) is 7.29. The molecule has 1 aliphatic heterocycles. The molecule has 0 fully saturated rings. The first-order chi connectivity index (χ1) is 11.1. The Labute approximate surface area is 144 Å². The van der Waals surface area contributed by atoms with Crippen molar-refractivity contribution in [2.24, 2.45) is 5.92 Å². The van der Waals surface area contributed by atoms with E-state index in [1.807, 2.05) is 17.5 Å². The van der Waals surface area contributed by atoms with Gasteiger partial charge in [0.2, 0.25) is 0 Å². The Morgan fingerprint density at radius 1 is 1.30 bits per heavy atom. The fraction of sp³-hybridized carbons (Fsp3) is 0.353. The summed E-state index contributed by atoms with van der Waals surface area (Å²) in [5.74, 6) is 1.14. The summed E-state index contributed by atoms with van der Waals surface area (Å²) in [5.41, 5.74) is 0.474. The molecule has 0 aliphatic carbocycles. The highest BCUT2D eigenvalue weighted by molar-refractivity contribution is 7.10. The van der Waals surface area contributed by atoms with E-state index in [2.05, 4.69) is 19.2 Å². The van der Waals surface area contributed by atoms with Crippen molar-refractivity contribution in [1.82, 2.24) is 5.32 Å². The predicted octanol–water partition coefficient (Wildman–Crippen LogP) is 4.30. The molecule has 1 amide bonds. The Morgan fingerprint density at radius 2 is 2.09 bits per heavy atom. The third-order valence-electron chi connectivity index (χ3n) is 3.66. The topological polar surface area (TPSA) is 47.6 Å². The molecule has 3 rings (SSSR count). The van der Waals surface area contributed by atoms with Crippen LogP contribution in [0, 0.1) is 5.92 Å². The van der Waals surface area contributed by atoms with Crippen molar-refractivity contribution in [3.05, 3.63) is 45.1 Å². The third-order valence-corrected chi connectivity index (χ3v) is 4.90. The standard InChI is InChI=1S/C17H18ClNO3S/c1-10(2)15(14-4-3-7-23-14)19-17(20)11-8-12(18)16-13(9-11)21-5-6-22-16/h3-4,7-10,15H,5-6H2,1-2H3,(H,19,20)/t15-/m0/s1. The lowest BCUT2D eigenvalue weighted by Gasteiger charge is -2.23. The quantitative estimate of drug-likeness (QED) is 0.893. The third kappa shape index (κ3) is 3.46. The van der Waals surface area contributed by atoms with Gasteiger partial charge in [0.1, 0.15) is 13.2 Å². The largest absolute Gasteiger partial charge is 0.486 e. The minimum absolute atomic E-state index is 0.0329. The maximum atomic E-state index is 12.6. The van der Waals surface area contributed by atoms with E-state index in [9.17, 15) is 4.79 Å². The van der Waals surface area contributed by atoms with Gasteiger partial charge < -0.3 is 14.8 Å². The lowest BCUT2D eigenvalue weighted by molar-refractivity contribution is 0.0925. The van der Waals surface area contributed by atoms with Crippen LogP contribution in [0.4, 0.5) is 0 Å². The highest BCUT2D eigenvalue weighted by atomic mass is 35.5. The number of hydrogen-bond donors (Lipinski definition) is 1. The summed E-state index contributed by atoms with van der Waals surface area (Å²) in [5, 5.41) is 5.49. The zero-order valence-corrected chi connectivity index (χ0v) is 14.5. The number of carbonyl (C=O) groups excluding carboxylic acids is 1. The average molecular weight is 352 g/mol. The second kappa shape index (κ2) is 6.81. The summed E-state index contributed by atoms with van der Waals surface area (Å²) in [4.78, 5) is 13.8. The Kier molecular flexibility index (Phi) is 4.78. The molecule has 0 bridgehead atoms. The number of rotatable bonds is 4. The average Bonchev–Trinajstić information content (AvgIpc) is 3.06. The van der Waals surface area contributed by atoms with Gasteiger partial charge in [-0.15, -0.1) is 11.3 Å². The van der Waals surface area contributed by atoms with Gasteiger partial charge in [-0.25, -0.2) is 0 Å². The SMILES string of the molecule is CC(C)[C@H](NC(=O)c1cc(Cl)c2c(c1)OCCO2)c1cccs1. The van der Waals surface area contributed by atoms with E-state index in [1.54, 1.807) is 23.5 Å². The molecule has 1 atom stereocenters. The number of thiophene rings is 1. The van der Waals surface area contributed by atoms with Gasteiger partial charge in [-0.1, -0.05) is 31.5 Å². The van der Waals surface area contributed by atoms with Crippen molar-refractivity contribution >= 4 is 28.8 Å². The summed E-state index contributed by atoms with van der Waals surface area (Å²) in [6.07, 6.45) is 0. The van der Waals surface area contributed by atoms with Crippen molar-refractivity contribution in [3.8, 4) is 11.5 Å². The van der Waals surface area contributed by atoms with E-state index in [1.165, 1.54) is 0 Å². The van der Waals surface area contributed by atoms with Crippen molar-refractivity contribution in [3.63, 3.8) is 0 Å². The van der Waals surface area contributed by atoms with Crippen LogP contribution in [0.15, 0.2) is 29.6 Å². The van der Waals surface area contributed by atoms with E-state index in [4.69, 9.17) is 21.1 Å². The fourth-order valence-corrected chi connectivity index (χ4v) is 3.72. The van der Waals surface area contributed by atoms with Gasteiger partial charge in [-0.3, -0.25) is 4.79 Å². The first-order valence-corrected chi connectivity index (χ1v) is 8.75. The summed E-state index contributed by atoms with van der Waals surface area (Å²) in [7, 11) is 0. The molecule has 6 heteroatoms. The van der Waals surface area contributed by atoms with Gasteiger partial charge in [0.25, 0.3) is 5.91 Å². The number of carbonyl (C=O) groups is 1. The summed E-state index contributed by atoms with van der Waals surface area (Å²) >= 11 is 7.84. The molecule has 0 saturated heterocycles. The molecule has 1 aromatic carbocycles. The highest BCUT2D eigenvalue weighted by Crippen LogP contribution is 2.38. The maximum absolute atomic E-state index is 12.6. The van der Waals surface area contributed by atoms with Gasteiger partial charge in [-0.05, 0) is 29.5 Å². The molecule has 122 valence electrons. The molecular formula is C17H18ClNO3S. The van der Waals surface area contributed by atoms with Gasteiger partial charge in [0.05, 0.1) is 11.1 Å². The first-order valence-electron chi connectivity index (χ1n) is 7.49. The molecule has 23 heavy (non-hydrogen) atoms. The minimum atomic E-state index is -0.170. The van der Waals surface area contributed by atoms with E-state index in [0.717, 1.165) is 4.88 Å². The number of ether oxygens (including phenoxy) is 2. The van der Waals surface area contributed by atoms with Crippen LogP contribution in [0.2, 0.25) is 5.02 Å². The van der Waals surface area contributed by atoms with Gasteiger partial charge in [-0.2, -0.15) is 0 Å². The molecule has 1 N–H and O–H groups in total. The van der Waals surface area contributed by atoms with Crippen LogP contribution in [0.1, 0.15) is 35.1 Å². The molecule has 0 saturated carbocycles. The second-order valence-corrected chi connectivity index (χ2v) is 7.08. The molecule has 4 nitrogen and oxygen atoms in total. The lowest BCUT2D eigenvalue weighted by Crippen LogP contribution is -2.31. The number of benzene rings is 1. The van der Waals surface area contributed by atoms with Crippen LogP contribution in [0.5, 0.6) is 11.5 Å². The minimum Gasteiger partial charge on any atom is -0.486 e. The van der Waals surface area contributed by atoms with Crippen LogP contribution in [-0.4, -0.2) is 19.1 Å². The highest BCUT2D eigenvalue weighted by Gasteiger charge is 2.23. The predicted molar refractivity (Wildman–Crippen MR) is 91.8 cm³/mol. The maximum Gasteiger partial charge on any atom is 0.251 e. The van der Waals surface area contributed by atoms with Gasteiger partial charge in [0.15, 0.2) is 11.5 Å². The lowest BCUT2D eigenvalue weighted by atomic mass is 10.0. The number of fused-ring (bicyclic) bond motifs is 1. The monoisotopic (exact) mass is 351 g/mol. The molecule has 1 aromatic heterocycles. The summed E-state index contributed by atoms with van der Waals surface area (Å²) in [6.45, 7) is 5.09. The van der Waals surface area contributed by atoms with Crippen molar-refractivity contribution < 1.29 is 14.3 Å². The zero-order chi connectivity index (χ0) is 16.4. The Bertz CT molecular complexity index is 700. The van der Waals surface area contributed by atoms with Crippen molar-refractivity contribution in [1.29, 1.82) is 0 Å². The zero-order valence-electron chi connectivity index (χ0n) is 13.0. The summed E-state index contributed by atoms with van der Waals surface area (Å²) < 4.78 is 11.0. The number of halogens is 1. The van der Waals surface area contributed by atoms with E-state index in [-0.39, 0.29) is 17.9 Å². The van der Waals surface area contributed by atoms with E-state index < -0.39 is 0 Å². The molecule has 0 unspecified atom stereocenters. The Balaban J connectivity index is 1.84. The fourth-order valence-electron chi connectivity index (χ4n) is 2.50. The van der Waals surface area contributed by atoms with E-state index >= 15 is 0 Å². The smallest absolute Gasteiger partial charge is 0.251 e. The van der Waals surface area contributed by atoms with Gasteiger partial charge in [0, 0.05) is 10.4 Å². The molecule has 0 spiro atoms. The Morgan fingerprint density at radius 3 is 2.78 bits per heavy atom. The molecule has 2 aromatic rings. The number of nitrogens with one attached hydrogen (secondary N) is 1. The molecular weight excluding hydrogens is 334 g/mol. The van der Waals surface area contributed by atoms with Gasteiger partial charge >= 0.3 is 0 Å². The molecule has 1 aliphatic rings. The Hall–Kier alpha value is -1.72. The normalized spacial score (nSPS) is 14.6. The molecule has 0 radical (unpaired) electrons. The number of hydrogen-bond acceptors (Lipinski definition) is 4. The van der Waals surface area contributed by atoms with Crippen molar-refractivity contribution in [2.45, 2.75) is 19.9 Å². The van der Waals surface area contributed by atoms with Crippen LogP contribution < -0.4 is 14.8 Å². The van der Waals surface area contributed by atoms with E-state index in [0.29, 0.717) is 35.3 Å². The molecule has 2 heterocycles. The first kappa shape index (κ1) is 16.1.